The van der Waals surface area contributed by atoms with E-state index >= 15 is 0 Å². The zero-order valence-electron chi connectivity index (χ0n) is 13.4. The van der Waals surface area contributed by atoms with Crippen molar-refractivity contribution in [3.05, 3.63) is 65.7 Å². The molecule has 0 radical (unpaired) electrons. The van der Waals surface area contributed by atoms with Gasteiger partial charge in [0.15, 0.2) is 12.9 Å². The average molecular weight is 311 g/mol. The van der Waals surface area contributed by atoms with E-state index in [1.54, 1.807) is 29.2 Å². The van der Waals surface area contributed by atoms with Gasteiger partial charge in [-0.25, -0.2) is 0 Å². The summed E-state index contributed by atoms with van der Waals surface area (Å²) in [6, 6.07) is 16.8. The first-order valence-corrected chi connectivity index (χ1v) is 7.62. The molecule has 2 rings (SSSR count). The van der Waals surface area contributed by atoms with E-state index in [1.807, 2.05) is 44.2 Å². The van der Waals surface area contributed by atoms with Gasteiger partial charge in [-0.15, -0.1) is 0 Å². The smallest absolute Gasteiger partial charge is 0.261 e. The molecular formula is C19H21NO3. The Balaban J connectivity index is 2.02. The predicted octanol–water partition coefficient (Wildman–Crippen LogP) is 3.32. The molecule has 4 heteroatoms. The molecule has 0 bridgehead atoms. The Morgan fingerprint density at radius 3 is 2.39 bits per heavy atom. The lowest BCUT2D eigenvalue weighted by Crippen LogP contribution is -2.39. The van der Waals surface area contributed by atoms with E-state index < -0.39 is 0 Å². The van der Waals surface area contributed by atoms with Crippen LogP contribution in [0.15, 0.2) is 54.6 Å². The van der Waals surface area contributed by atoms with Crippen LogP contribution in [-0.2, 0) is 11.3 Å². The van der Waals surface area contributed by atoms with Crippen molar-refractivity contribution in [3.8, 4) is 5.75 Å². The summed E-state index contributed by atoms with van der Waals surface area (Å²) in [6.07, 6.45) is 0.726. The van der Waals surface area contributed by atoms with Gasteiger partial charge in [0, 0.05) is 12.6 Å². The molecule has 120 valence electrons. The fraction of sp³-hybridized carbons (Fsp3) is 0.263. The number of ether oxygens (including phenoxy) is 1. The van der Waals surface area contributed by atoms with E-state index in [9.17, 15) is 9.59 Å². The van der Waals surface area contributed by atoms with Gasteiger partial charge in [0.25, 0.3) is 5.91 Å². The van der Waals surface area contributed by atoms with Crippen LogP contribution in [0.3, 0.4) is 0 Å². The second-order valence-electron chi connectivity index (χ2n) is 5.55. The van der Waals surface area contributed by atoms with Gasteiger partial charge >= 0.3 is 0 Å². The summed E-state index contributed by atoms with van der Waals surface area (Å²) < 4.78 is 5.54. The van der Waals surface area contributed by atoms with Gasteiger partial charge in [-0.1, -0.05) is 42.5 Å². The molecule has 0 aromatic heterocycles. The first-order valence-electron chi connectivity index (χ1n) is 7.62. The third-order valence-corrected chi connectivity index (χ3v) is 3.54. The van der Waals surface area contributed by atoms with Crippen LogP contribution in [0.2, 0.25) is 0 Å². The summed E-state index contributed by atoms with van der Waals surface area (Å²) in [6.45, 7) is 4.40. The van der Waals surface area contributed by atoms with Gasteiger partial charge in [0.2, 0.25) is 0 Å². The van der Waals surface area contributed by atoms with Crippen molar-refractivity contribution in [1.82, 2.24) is 4.90 Å². The number of para-hydroxylation sites is 1. The molecule has 4 nitrogen and oxygen atoms in total. The van der Waals surface area contributed by atoms with Crippen LogP contribution in [0.25, 0.3) is 0 Å². The van der Waals surface area contributed by atoms with E-state index in [2.05, 4.69) is 0 Å². The largest absolute Gasteiger partial charge is 0.483 e. The summed E-state index contributed by atoms with van der Waals surface area (Å²) >= 11 is 0. The van der Waals surface area contributed by atoms with Crippen LogP contribution in [0, 0.1) is 0 Å². The van der Waals surface area contributed by atoms with Crippen LogP contribution in [0.4, 0.5) is 0 Å². The normalized spacial score (nSPS) is 10.4. The monoisotopic (exact) mass is 311 g/mol. The SMILES string of the molecule is CC(C)N(Cc1ccccc1)C(=O)COc1ccccc1C=O. The summed E-state index contributed by atoms with van der Waals surface area (Å²) in [7, 11) is 0. The minimum absolute atomic E-state index is 0.0626. The van der Waals surface area contributed by atoms with E-state index in [0.29, 0.717) is 17.9 Å². The molecule has 23 heavy (non-hydrogen) atoms. The molecule has 0 unspecified atom stereocenters. The maximum atomic E-state index is 12.5. The van der Waals surface area contributed by atoms with Crippen molar-refractivity contribution in [1.29, 1.82) is 0 Å². The molecular weight excluding hydrogens is 290 g/mol. The van der Waals surface area contributed by atoms with Crippen LogP contribution < -0.4 is 4.74 Å². The molecule has 0 saturated heterocycles. The van der Waals surface area contributed by atoms with Gasteiger partial charge in [0.1, 0.15) is 5.75 Å². The Labute approximate surface area is 136 Å². The van der Waals surface area contributed by atoms with Gasteiger partial charge < -0.3 is 9.64 Å². The minimum atomic E-state index is -0.107. The highest BCUT2D eigenvalue weighted by Gasteiger charge is 2.18. The highest BCUT2D eigenvalue weighted by atomic mass is 16.5. The summed E-state index contributed by atoms with van der Waals surface area (Å²) in [5.74, 6) is 0.323. The molecule has 0 aliphatic heterocycles. The molecule has 0 spiro atoms. The highest BCUT2D eigenvalue weighted by Crippen LogP contribution is 2.16. The standard InChI is InChI=1S/C19H21NO3/c1-15(2)20(12-16-8-4-3-5-9-16)19(22)14-23-18-11-7-6-10-17(18)13-21/h3-11,13,15H,12,14H2,1-2H3. The van der Waals surface area contributed by atoms with Crippen molar-refractivity contribution >= 4 is 12.2 Å². The molecule has 2 aromatic carbocycles. The Kier molecular flexibility index (Phi) is 5.92. The molecule has 2 aromatic rings. The number of rotatable bonds is 7. The fourth-order valence-electron chi connectivity index (χ4n) is 2.27. The molecule has 0 atom stereocenters. The van der Waals surface area contributed by atoms with E-state index in [-0.39, 0.29) is 18.6 Å². The quantitative estimate of drug-likeness (QED) is 0.737. The first kappa shape index (κ1) is 16.7. The van der Waals surface area contributed by atoms with Crippen LogP contribution in [0.5, 0.6) is 5.75 Å². The maximum Gasteiger partial charge on any atom is 0.261 e. The molecule has 0 N–H and O–H groups in total. The minimum Gasteiger partial charge on any atom is -0.483 e. The number of aldehydes is 1. The number of amides is 1. The lowest BCUT2D eigenvalue weighted by molar-refractivity contribution is -0.135. The van der Waals surface area contributed by atoms with Gasteiger partial charge in [-0.2, -0.15) is 0 Å². The van der Waals surface area contributed by atoms with Gasteiger partial charge in [-0.05, 0) is 31.5 Å². The number of benzene rings is 2. The number of hydrogen-bond donors (Lipinski definition) is 0. The number of carbonyl (C=O) groups is 2. The van der Waals surface area contributed by atoms with E-state index in [0.717, 1.165) is 11.8 Å². The number of carbonyl (C=O) groups excluding carboxylic acids is 2. The zero-order valence-corrected chi connectivity index (χ0v) is 13.4. The van der Waals surface area contributed by atoms with Crippen molar-refractivity contribution in [2.75, 3.05) is 6.61 Å². The third-order valence-electron chi connectivity index (χ3n) is 3.54. The average Bonchev–Trinajstić information content (AvgIpc) is 2.58. The number of nitrogens with zero attached hydrogens (tertiary/aromatic N) is 1. The number of hydrogen-bond acceptors (Lipinski definition) is 3. The predicted molar refractivity (Wildman–Crippen MR) is 89.5 cm³/mol. The van der Waals surface area contributed by atoms with Crippen LogP contribution in [-0.4, -0.2) is 29.7 Å². The molecule has 0 heterocycles. The summed E-state index contributed by atoms with van der Waals surface area (Å²) in [4.78, 5) is 25.2. The van der Waals surface area contributed by atoms with Crippen molar-refractivity contribution < 1.29 is 14.3 Å². The van der Waals surface area contributed by atoms with Crippen molar-refractivity contribution in [2.45, 2.75) is 26.4 Å². The van der Waals surface area contributed by atoms with Crippen LogP contribution >= 0.6 is 0 Å². The topological polar surface area (TPSA) is 46.6 Å². The third kappa shape index (κ3) is 4.68. The van der Waals surface area contributed by atoms with Gasteiger partial charge in [0.05, 0.1) is 5.56 Å². The van der Waals surface area contributed by atoms with E-state index in [1.165, 1.54) is 0 Å². The van der Waals surface area contributed by atoms with Crippen molar-refractivity contribution in [2.24, 2.45) is 0 Å². The Morgan fingerprint density at radius 1 is 1.09 bits per heavy atom. The Bertz CT molecular complexity index is 653. The van der Waals surface area contributed by atoms with Crippen molar-refractivity contribution in [3.63, 3.8) is 0 Å². The second-order valence-corrected chi connectivity index (χ2v) is 5.55. The summed E-state index contributed by atoms with van der Waals surface area (Å²) in [5.41, 5.74) is 1.52. The summed E-state index contributed by atoms with van der Waals surface area (Å²) in [5, 5.41) is 0. The lowest BCUT2D eigenvalue weighted by atomic mass is 10.2. The molecule has 1 amide bonds. The second kappa shape index (κ2) is 8.13. The zero-order chi connectivity index (χ0) is 16.7. The first-order chi connectivity index (χ1) is 11.1. The fourth-order valence-corrected chi connectivity index (χ4v) is 2.27. The van der Waals surface area contributed by atoms with Gasteiger partial charge in [-0.3, -0.25) is 9.59 Å². The Hall–Kier alpha value is -2.62. The lowest BCUT2D eigenvalue weighted by Gasteiger charge is -2.27. The maximum absolute atomic E-state index is 12.5. The van der Waals surface area contributed by atoms with Crippen LogP contribution in [0.1, 0.15) is 29.8 Å². The molecule has 0 aliphatic rings. The molecule has 0 saturated carbocycles. The molecule has 0 aliphatic carbocycles. The Morgan fingerprint density at radius 2 is 1.74 bits per heavy atom. The van der Waals surface area contributed by atoms with E-state index in [4.69, 9.17) is 4.74 Å². The highest BCUT2D eigenvalue weighted by molar-refractivity contribution is 5.81. The molecule has 0 fully saturated rings.